The van der Waals surface area contributed by atoms with Crippen molar-refractivity contribution in [2.24, 2.45) is 0 Å². The van der Waals surface area contributed by atoms with E-state index < -0.39 is 28.0 Å². The third kappa shape index (κ3) is 11.2. The summed E-state index contributed by atoms with van der Waals surface area (Å²) >= 11 is 0. The summed E-state index contributed by atoms with van der Waals surface area (Å²) in [5, 5.41) is 18.4. The number of halogens is 3. The molecular formula is C26H34F3N2O6Y-. The Hall–Kier alpha value is -1.63. The van der Waals surface area contributed by atoms with Crippen LogP contribution in [0.25, 0.3) is 5.73 Å². The van der Waals surface area contributed by atoms with Gasteiger partial charge in [-0.3, -0.25) is 10.1 Å². The third-order valence-electron chi connectivity index (χ3n) is 5.62. The maximum Gasteiger partial charge on any atom is 0.419 e. The molecule has 0 atom stereocenters. The van der Waals surface area contributed by atoms with Gasteiger partial charge < -0.3 is 25.1 Å². The number of aliphatic hydroxyl groups excluding tert-OH is 1. The molecule has 2 aromatic rings. The molecule has 2 N–H and O–H groups in total. The zero-order valence-electron chi connectivity index (χ0n) is 21.8. The molecule has 0 spiro atoms. The van der Waals surface area contributed by atoms with Crippen LogP contribution in [0.3, 0.4) is 0 Å². The maximum atomic E-state index is 13.7. The second-order valence-electron chi connectivity index (χ2n) is 9.28. The van der Waals surface area contributed by atoms with Gasteiger partial charge in [0, 0.05) is 64.7 Å². The Kier molecular flexibility index (Phi) is 13.8. The third-order valence-corrected chi connectivity index (χ3v) is 5.62. The van der Waals surface area contributed by atoms with Crippen molar-refractivity contribution >= 4 is 5.69 Å². The molecule has 1 heterocycles. The summed E-state index contributed by atoms with van der Waals surface area (Å²) in [4.78, 5) is 10.4. The number of rotatable bonds is 9. The molecule has 1 saturated heterocycles. The fraction of sp³-hybridized carbons (Fsp3) is 0.538. The molecule has 0 bridgehead atoms. The van der Waals surface area contributed by atoms with Crippen molar-refractivity contribution in [2.75, 3.05) is 26.4 Å². The first kappa shape index (κ1) is 34.4. The van der Waals surface area contributed by atoms with Gasteiger partial charge in [-0.15, -0.1) is 0 Å². The summed E-state index contributed by atoms with van der Waals surface area (Å²) in [7, 11) is 0. The van der Waals surface area contributed by atoms with Crippen molar-refractivity contribution in [2.45, 2.75) is 64.0 Å². The Labute approximate surface area is 246 Å². The number of aliphatic hydroxyl groups is 1. The van der Waals surface area contributed by atoms with E-state index in [9.17, 15) is 23.3 Å². The van der Waals surface area contributed by atoms with Gasteiger partial charge in [-0.1, -0.05) is 30.2 Å². The van der Waals surface area contributed by atoms with Crippen LogP contribution in [0.5, 0.6) is 5.75 Å². The fourth-order valence-corrected chi connectivity index (χ4v) is 3.60. The molecule has 1 aliphatic rings. The second kappa shape index (κ2) is 15.2. The van der Waals surface area contributed by atoms with Crippen molar-refractivity contribution < 1.29 is 70.1 Å². The summed E-state index contributed by atoms with van der Waals surface area (Å²) in [5.41, 5.74) is 7.71. The summed E-state index contributed by atoms with van der Waals surface area (Å²) < 4.78 is 57.5. The average molecular weight is 616 g/mol. The molecule has 0 unspecified atom stereocenters. The van der Waals surface area contributed by atoms with Gasteiger partial charge in [-0.25, -0.2) is 0 Å². The molecule has 1 aliphatic heterocycles. The molecule has 0 aliphatic carbocycles. The first-order valence-electron chi connectivity index (χ1n) is 12.0. The smallest absolute Gasteiger partial charge is 0.419 e. The van der Waals surface area contributed by atoms with Crippen molar-refractivity contribution in [3.63, 3.8) is 0 Å². The van der Waals surface area contributed by atoms with Crippen molar-refractivity contribution in [3.8, 4) is 5.75 Å². The van der Waals surface area contributed by atoms with Crippen LogP contribution in [0.1, 0.15) is 50.3 Å². The number of nitrogens with zero attached hydrogens (tertiary/aromatic N) is 1. The Morgan fingerprint density at radius 3 is 2.29 bits per heavy atom. The Balaban J connectivity index is 0.00000172. The number of aryl methyl sites for hydroxylation is 2. The molecule has 38 heavy (non-hydrogen) atoms. The van der Waals surface area contributed by atoms with Gasteiger partial charge >= 0.3 is 6.18 Å². The molecular weight excluding hydrogens is 582 g/mol. The van der Waals surface area contributed by atoms with Crippen molar-refractivity contribution in [1.82, 2.24) is 0 Å². The average Bonchev–Trinajstić information content (AvgIpc) is 2.83. The number of hydrogen-bond acceptors (Lipinski definition) is 6. The zero-order valence-corrected chi connectivity index (χ0v) is 24.7. The predicted octanol–water partition coefficient (Wildman–Crippen LogP) is 6.13. The Morgan fingerprint density at radius 2 is 1.71 bits per heavy atom. The number of nitrogens with one attached hydrogen (secondary N) is 1. The molecule has 0 amide bonds. The number of nitro groups is 1. The van der Waals surface area contributed by atoms with E-state index in [2.05, 4.69) is 0 Å². The fourth-order valence-electron chi connectivity index (χ4n) is 3.60. The van der Waals surface area contributed by atoms with E-state index in [0.29, 0.717) is 30.4 Å². The molecule has 209 valence electrons. The molecule has 1 radical (unpaired) electrons. The molecule has 8 nitrogen and oxygen atoms in total. The standard InChI is InChI=1S/C24H28F3N2O5.C2H6O.Y/c1-22(2)33-15-23(28,16-34-22)11-10-18-8-9-21(20(14-18)24(25,26)27)32-12-4-6-17-5-3-7-19(13-17)29(30)31;1-2-3;/h3,5,7-9,13-14,28H,4,6,10-12,15-16H2,1-2H3;3H,2H2,1H3;/q-1;;. The van der Waals surface area contributed by atoms with Crippen LogP contribution in [-0.2, 0) is 61.2 Å². The predicted molar refractivity (Wildman–Crippen MR) is 132 cm³/mol. The molecule has 1 fully saturated rings. The number of nitro benzene ring substituents is 1. The largest absolute Gasteiger partial charge is 0.668 e. The van der Waals surface area contributed by atoms with Crippen LogP contribution >= 0.6 is 0 Å². The minimum Gasteiger partial charge on any atom is -0.668 e. The van der Waals surface area contributed by atoms with E-state index in [1.165, 1.54) is 18.2 Å². The van der Waals surface area contributed by atoms with Gasteiger partial charge in [0.05, 0.1) is 17.1 Å². The molecule has 2 aromatic carbocycles. The topological polar surface area (TPSA) is 115 Å². The van der Waals surface area contributed by atoms with Crippen molar-refractivity contribution in [1.29, 1.82) is 0 Å². The molecule has 3 rings (SSSR count). The van der Waals surface area contributed by atoms with Gasteiger partial charge in [-0.05, 0) is 63.3 Å². The summed E-state index contributed by atoms with van der Waals surface area (Å²) in [6, 6.07) is 10.1. The number of alkyl halides is 3. The van der Waals surface area contributed by atoms with E-state index in [1.807, 2.05) is 0 Å². The maximum absolute atomic E-state index is 13.7. The monoisotopic (exact) mass is 616 g/mol. The van der Waals surface area contributed by atoms with E-state index in [-0.39, 0.29) is 77.0 Å². The van der Waals surface area contributed by atoms with Crippen LogP contribution in [0.2, 0.25) is 0 Å². The van der Waals surface area contributed by atoms with Crippen LogP contribution in [0, 0.1) is 10.1 Å². The normalized spacial score (nSPS) is 16.0. The quantitative estimate of drug-likeness (QED) is 0.206. The van der Waals surface area contributed by atoms with E-state index in [0.717, 1.165) is 6.07 Å². The van der Waals surface area contributed by atoms with E-state index in [1.54, 1.807) is 39.0 Å². The van der Waals surface area contributed by atoms with Gasteiger partial charge in [-0.2, -0.15) is 13.2 Å². The number of benzene rings is 2. The first-order chi connectivity index (χ1) is 17.3. The summed E-state index contributed by atoms with van der Waals surface area (Å²) in [6.45, 7) is 5.77. The van der Waals surface area contributed by atoms with Crippen LogP contribution in [0.4, 0.5) is 18.9 Å². The molecule has 12 heteroatoms. The van der Waals surface area contributed by atoms with Gasteiger partial charge in [0.25, 0.3) is 5.69 Å². The number of ether oxygens (including phenoxy) is 3. The Bertz CT molecular complexity index is 1030. The van der Waals surface area contributed by atoms with Gasteiger partial charge in [0.1, 0.15) is 5.75 Å². The summed E-state index contributed by atoms with van der Waals surface area (Å²) in [5.74, 6) is -1.02. The summed E-state index contributed by atoms with van der Waals surface area (Å²) in [6.07, 6.45) is -3.19. The number of non-ortho nitro benzene ring substituents is 1. The molecule has 0 aromatic heterocycles. The van der Waals surface area contributed by atoms with E-state index in [4.69, 9.17) is 25.1 Å². The van der Waals surface area contributed by atoms with Crippen LogP contribution in [-0.4, -0.2) is 47.8 Å². The first-order valence-corrected chi connectivity index (χ1v) is 12.0. The zero-order chi connectivity index (χ0) is 27.7. The van der Waals surface area contributed by atoms with Gasteiger partial charge in [0.15, 0.2) is 5.79 Å². The SMILES string of the molecule is CC1(C)OCC([NH-])(CCc2ccc(OCCCc3cccc([N+](=O)[O-])c3)c(C(F)(F)F)c2)CO1.CCO.[Y]. The van der Waals surface area contributed by atoms with E-state index >= 15 is 0 Å². The van der Waals surface area contributed by atoms with Crippen LogP contribution in [0.15, 0.2) is 42.5 Å². The van der Waals surface area contributed by atoms with Crippen molar-refractivity contribution in [3.05, 3.63) is 75.0 Å². The number of hydrogen-bond donors (Lipinski definition) is 1. The van der Waals surface area contributed by atoms with Gasteiger partial charge in [0.2, 0.25) is 0 Å². The minimum absolute atomic E-state index is 0. The molecule has 0 saturated carbocycles. The Morgan fingerprint density at radius 1 is 1.11 bits per heavy atom. The minimum atomic E-state index is -4.59. The second-order valence-corrected chi connectivity index (χ2v) is 9.28. The van der Waals surface area contributed by atoms with Crippen LogP contribution < -0.4 is 4.74 Å².